The van der Waals surface area contributed by atoms with E-state index in [0.717, 1.165) is 26.0 Å². The van der Waals surface area contributed by atoms with Crippen LogP contribution in [0.15, 0.2) is 0 Å². The molecule has 0 aliphatic heterocycles. The summed E-state index contributed by atoms with van der Waals surface area (Å²) in [4.78, 5) is 0. The normalized spacial score (nSPS) is 24.4. The molecule has 0 saturated heterocycles. The van der Waals surface area contributed by atoms with Gasteiger partial charge in [0.2, 0.25) is 0 Å². The minimum absolute atomic E-state index is 0.341. The van der Waals surface area contributed by atoms with Gasteiger partial charge >= 0.3 is 0 Å². The Balaban J connectivity index is 1.92. The molecule has 0 spiro atoms. The van der Waals surface area contributed by atoms with Gasteiger partial charge in [-0.25, -0.2) is 0 Å². The van der Waals surface area contributed by atoms with Crippen LogP contribution in [-0.4, -0.2) is 50.2 Å². The summed E-state index contributed by atoms with van der Waals surface area (Å²) in [6.45, 7) is 9.99. The quantitative estimate of drug-likeness (QED) is 0.576. The van der Waals surface area contributed by atoms with Gasteiger partial charge in [0.15, 0.2) is 0 Å². The van der Waals surface area contributed by atoms with Crippen molar-refractivity contribution in [3.05, 3.63) is 0 Å². The lowest BCUT2D eigenvalue weighted by Gasteiger charge is -2.29. The number of rotatable bonds is 11. The van der Waals surface area contributed by atoms with Crippen molar-refractivity contribution in [3.8, 4) is 0 Å². The highest BCUT2D eigenvalue weighted by molar-refractivity contribution is 4.73. The Bertz CT molecular complexity index is 248. The van der Waals surface area contributed by atoms with Crippen molar-refractivity contribution in [1.29, 1.82) is 0 Å². The molecule has 21 heavy (non-hydrogen) atoms. The van der Waals surface area contributed by atoms with Crippen LogP contribution in [0.25, 0.3) is 0 Å². The third-order valence-electron chi connectivity index (χ3n) is 4.18. The average molecular weight is 301 g/mol. The van der Waals surface area contributed by atoms with Gasteiger partial charge in [0.1, 0.15) is 0 Å². The predicted octanol–water partition coefficient (Wildman–Crippen LogP) is 2.59. The molecule has 0 radical (unpaired) electrons. The molecular formula is C17H35NO3. The lowest BCUT2D eigenvalue weighted by Crippen LogP contribution is -2.35. The highest BCUT2D eigenvalue weighted by Gasteiger charge is 2.22. The first-order valence-corrected chi connectivity index (χ1v) is 8.67. The summed E-state index contributed by atoms with van der Waals surface area (Å²) in [6, 6.07) is 0. The SMILES string of the molecule is CC(C)CCOCCNCC(O)COC1CCCCC1C. The Morgan fingerprint density at radius 2 is 1.95 bits per heavy atom. The van der Waals surface area contributed by atoms with Crippen LogP contribution in [0.2, 0.25) is 0 Å². The van der Waals surface area contributed by atoms with E-state index in [9.17, 15) is 5.11 Å². The Labute approximate surface area is 130 Å². The maximum Gasteiger partial charge on any atom is 0.0897 e. The van der Waals surface area contributed by atoms with Gasteiger partial charge in [-0.3, -0.25) is 0 Å². The number of ether oxygens (including phenoxy) is 2. The first kappa shape index (κ1) is 18.9. The number of hydrogen-bond acceptors (Lipinski definition) is 4. The molecule has 126 valence electrons. The number of nitrogens with one attached hydrogen (secondary N) is 1. The topological polar surface area (TPSA) is 50.7 Å². The van der Waals surface area contributed by atoms with Crippen LogP contribution in [0.5, 0.6) is 0 Å². The van der Waals surface area contributed by atoms with Crippen molar-refractivity contribution < 1.29 is 14.6 Å². The second-order valence-corrected chi connectivity index (χ2v) is 6.79. The molecule has 0 amide bonds. The molecule has 3 unspecified atom stereocenters. The monoisotopic (exact) mass is 301 g/mol. The Morgan fingerprint density at radius 1 is 1.19 bits per heavy atom. The van der Waals surface area contributed by atoms with Crippen LogP contribution in [0.3, 0.4) is 0 Å². The Kier molecular flexibility index (Phi) is 10.3. The summed E-state index contributed by atoms with van der Waals surface area (Å²) in [6.07, 6.45) is 6.01. The molecule has 3 atom stereocenters. The number of hydrogen-bond donors (Lipinski definition) is 2. The number of aliphatic hydroxyl groups is 1. The zero-order chi connectivity index (χ0) is 15.5. The fraction of sp³-hybridized carbons (Fsp3) is 1.00. The van der Waals surface area contributed by atoms with Gasteiger partial charge in [0, 0.05) is 19.7 Å². The van der Waals surface area contributed by atoms with Crippen LogP contribution in [0.4, 0.5) is 0 Å². The van der Waals surface area contributed by atoms with Gasteiger partial charge in [-0.05, 0) is 31.1 Å². The van der Waals surface area contributed by atoms with Crippen LogP contribution in [0.1, 0.15) is 52.9 Å². The van der Waals surface area contributed by atoms with Crippen molar-refractivity contribution in [2.75, 3.05) is 32.9 Å². The fourth-order valence-corrected chi connectivity index (χ4v) is 2.66. The Morgan fingerprint density at radius 3 is 2.67 bits per heavy atom. The van der Waals surface area contributed by atoms with Crippen molar-refractivity contribution >= 4 is 0 Å². The molecule has 0 aromatic carbocycles. The lowest BCUT2D eigenvalue weighted by atomic mass is 9.88. The Hall–Kier alpha value is -0.160. The van der Waals surface area contributed by atoms with Crippen LogP contribution < -0.4 is 5.32 Å². The van der Waals surface area contributed by atoms with E-state index in [-0.39, 0.29) is 0 Å². The largest absolute Gasteiger partial charge is 0.389 e. The summed E-state index contributed by atoms with van der Waals surface area (Å²) in [5, 5.41) is 13.1. The maximum absolute atomic E-state index is 9.91. The van der Waals surface area contributed by atoms with Gasteiger partial charge in [0.05, 0.1) is 25.4 Å². The minimum atomic E-state index is -0.421. The molecule has 1 rings (SSSR count). The number of aliphatic hydroxyl groups excluding tert-OH is 1. The van der Waals surface area contributed by atoms with Gasteiger partial charge in [-0.1, -0.05) is 33.6 Å². The summed E-state index contributed by atoms with van der Waals surface area (Å²) in [5.74, 6) is 1.33. The van der Waals surface area contributed by atoms with Crippen LogP contribution in [0, 0.1) is 11.8 Å². The smallest absolute Gasteiger partial charge is 0.0897 e. The first-order valence-electron chi connectivity index (χ1n) is 8.67. The summed E-state index contributed by atoms with van der Waals surface area (Å²) in [7, 11) is 0. The zero-order valence-corrected chi connectivity index (χ0v) is 14.1. The summed E-state index contributed by atoms with van der Waals surface area (Å²) in [5.41, 5.74) is 0. The highest BCUT2D eigenvalue weighted by Crippen LogP contribution is 2.26. The molecule has 1 aliphatic carbocycles. The van der Waals surface area contributed by atoms with Crippen molar-refractivity contribution in [3.63, 3.8) is 0 Å². The first-order chi connectivity index (χ1) is 10.1. The van der Waals surface area contributed by atoms with E-state index in [0.29, 0.717) is 37.7 Å². The molecule has 1 aliphatic rings. The molecule has 1 saturated carbocycles. The lowest BCUT2D eigenvalue weighted by molar-refractivity contribution is -0.0453. The van der Waals surface area contributed by atoms with E-state index in [1.807, 2.05) is 0 Å². The predicted molar refractivity (Wildman–Crippen MR) is 86.5 cm³/mol. The molecule has 4 nitrogen and oxygen atoms in total. The van der Waals surface area contributed by atoms with Gasteiger partial charge in [-0.15, -0.1) is 0 Å². The second kappa shape index (κ2) is 11.4. The molecule has 0 aromatic rings. The van der Waals surface area contributed by atoms with E-state index in [4.69, 9.17) is 9.47 Å². The van der Waals surface area contributed by atoms with Gasteiger partial charge < -0.3 is 19.9 Å². The standard InChI is InChI=1S/C17H35NO3/c1-14(2)8-10-20-11-9-18-12-16(19)13-21-17-7-5-4-6-15(17)3/h14-19H,4-13H2,1-3H3. The molecule has 2 N–H and O–H groups in total. The molecule has 0 heterocycles. The van der Waals surface area contributed by atoms with E-state index in [2.05, 4.69) is 26.1 Å². The third kappa shape index (κ3) is 9.46. The maximum atomic E-state index is 9.91. The van der Waals surface area contributed by atoms with Crippen LogP contribution >= 0.6 is 0 Å². The molecular weight excluding hydrogens is 266 g/mol. The minimum Gasteiger partial charge on any atom is -0.389 e. The third-order valence-corrected chi connectivity index (χ3v) is 4.18. The van der Waals surface area contributed by atoms with Crippen molar-refractivity contribution in [1.82, 2.24) is 5.32 Å². The van der Waals surface area contributed by atoms with E-state index in [1.165, 1.54) is 19.3 Å². The molecule has 0 aromatic heterocycles. The highest BCUT2D eigenvalue weighted by atomic mass is 16.5. The van der Waals surface area contributed by atoms with Gasteiger partial charge in [0.25, 0.3) is 0 Å². The molecule has 0 bridgehead atoms. The van der Waals surface area contributed by atoms with Crippen LogP contribution in [-0.2, 0) is 9.47 Å². The van der Waals surface area contributed by atoms with Crippen molar-refractivity contribution in [2.24, 2.45) is 11.8 Å². The van der Waals surface area contributed by atoms with E-state index in [1.54, 1.807) is 0 Å². The summed E-state index contributed by atoms with van der Waals surface area (Å²) >= 11 is 0. The zero-order valence-electron chi connectivity index (χ0n) is 14.1. The molecule has 4 heteroatoms. The van der Waals surface area contributed by atoms with E-state index >= 15 is 0 Å². The summed E-state index contributed by atoms with van der Waals surface area (Å²) < 4.78 is 11.4. The second-order valence-electron chi connectivity index (χ2n) is 6.79. The fourth-order valence-electron chi connectivity index (χ4n) is 2.66. The van der Waals surface area contributed by atoms with Crippen molar-refractivity contribution in [2.45, 2.75) is 65.1 Å². The van der Waals surface area contributed by atoms with E-state index < -0.39 is 6.10 Å². The molecule has 1 fully saturated rings. The average Bonchev–Trinajstić information content (AvgIpc) is 2.45. The van der Waals surface area contributed by atoms with Gasteiger partial charge in [-0.2, -0.15) is 0 Å².